The molecule has 1 heterocycles. The van der Waals surface area contributed by atoms with E-state index in [9.17, 15) is 4.79 Å². The summed E-state index contributed by atoms with van der Waals surface area (Å²) in [7, 11) is 0. The van der Waals surface area contributed by atoms with Gasteiger partial charge in [0.15, 0.2) is 5.82 Å². The molecule has 100 valence electrons. The Hall–Kier alpha value is -2.21. The fraction of sp³-hybridized carbons (Fsp3) is 0.167. The van der Waals surface area contributed by atoms with Crippen molar-refractivity contribution in [1.82, 2.24) is 9.97 Å². The maximum Gasteiger partial charge on any atom is 0.271 e. The van der Waals surface area contributed by atoms with Gasteiger partial charge in [0.25, 0.3) is 5.56 Å². The fourth-order valence-electron chi connectivity index (χ4n) is 1.41. The molecular formula is C12H13ClN4O2. The Kier molecular flexibility index (Phi) is 4.25. The molecular weight excluding hydrogens is 268 g/mol. The van der Waals surface area contributed by atoms with Crippen molar-refractivity contribution >= 4 is 23.1 Å². The Bertz CT molecular complexity index is 597. The molecule has 4 N–H and O–H groups in total. The standard InChI is InChI=1S/C12H13ClN4O2/c13-10-11(16-7-17-12(10)18)15-5-6-19-9-3-1-8(14)2-4-9/h1-4,7H,5-6,14H2,(H2,15,16,17,18). The molecule has 0 bridgehead atoms. The molecule has 0 fully saturated rings. The third-order valence-corrected chi connectivity index (χ3v) is 2.69. The number of halogens is 1. The number of ether oxygens (including phenoxy) is 1. The van der Waals surface area contributed by atoms with Gasteiger partial charge in [0.2, 0.25) is 0 Å². The molecule has 2 aromatic rings. The summed E-state index contributed by atoms with van der Waals surface area (Å²) < 4.78 is 5.48. The van der Waals surface area contributed by atoms with Gasteiger partial charge in [-0.3, -0.25) is 4.79 Å². The largest absolute Gasteiger partial charge is 0.492 e. The van der Waals surface area contributed by atoms with E-state index in [-0.39, 0.29) is 10.6 Å². The molecule has 0 unspecified atom stereocenters. The fourth-order valence-corrected chi connectivity index (χ4v) is 1.58. The molecule has 1 aromatic carbocycles. The van der Waals surface area contributed by atoms with E-state index in [0.717, 1.165) is 5.75 Å². The second-order valence-electron chi connectivity index (χ2n) is 3.74. The van der Waals surface area contributed by atoms with Crippen LogP contribution in [-0.2, 0) is 0 Å². The van der Waals surface area contributed by atoms with Crippen molar-refractivity contribution in [1.29, 1.82) is 0 Å². The van der Waals surface area contributed by atoms with Crippen LogP contribution in [0.5, 0.6) is 5.75 Å². The van der Waals surface area contributed by atoms with E-state index < -0.39 is 0 Å². The summed E-state index contributed by atoms with van der Waals surface area (Å²) in [6, 6.07) is 7.09. The number of nitrogens with two attached hydrogens (primary N) is 1. The van der Waals surface area contributed by atoms with Crippen molar-refractivity contribution in [2.45, 2.75) is 0 Å². The van der Waals surface area contributed by atoms with Crippen LogP contribution in [0.4, 0.5) is 11.5 Å². The lowest BCUT2D eigenvalue weighted by Crippen LogP contribution is -2.16. The van der Waals surface area contributed by atoms with Crippen LogP contribution in [-0.4, -0.2) is 23.1 Å². The number of rotatable bonds is 5. The molecule has 7 heteroatoms. The highest BCUT2D eigenvalue weighted by molar-refractivity contribution is 6.32. The number of anilines is 2. The van der Waals surface area contributed by atoms with Gasteiger partial charge in [-0.05, 0) is 24.3 Å². The van der Waals surface area contributed by atoms with Crippen molar-refractivity contribution in [2.75, 3.05) is 24.2 Å². The summed E-state index contributed by atoms with van der Waals surface area (Å²) in [4.78, 5) is 17.5. The number of nitrogen functional groups attached to an aromatic ring is 1. The van der Waals surface area contributed by atoms with Gasteiger partial charge in [-0.15, -0.1) is 0 Å². The Morgan fingerprint density at radius 2 is 2.11 bits per heavy atom. The van der Waals surface area contributed by atoms with Crippen LogP contribution in [0.25, 0.3) is 0 Å². The molecule has 0 saturated carbocycles. The second kappa shape index (κ2) is 6.10. The number of benzene rings is 1. The number of aromatic amines is 1. The Labute approximate surface area is 114 Å². The first-order valence-electron chi connectivity index (χ1n) is 5.62. The lowest BCUT2D eigenvalue weighted by atomic mass is 10.3. The van der Waals surface area contributed by atoms with Crippen LogP contribution < -0.4 is 21.3 Å². The number of H-pyrrole nitrogens is 1. The third kappa shape index (κ3) is 3.62. The molecule has 0 aliphatic rings. The van der Waals surface area contributed by atoms with E-state index in [1.54, 1.807) is 24.3 Å². The van der Waals surface area contributed by atoms with E-state index in [2.05, 4.69) is 15.3 Å². The van der Waals surface area contributed by atoms with Crippen molar-refractivity contribution < 1.29 is 4.74 Å². The normalized spacial score (nSPS) is 10.2. The first-order chi connectivity index (χ1) is 9.16. The highest BCUT2D eigenvalue weighted by atomic mass is 35.5. The van der Waals surface area contributed by atoms with Gasteiger partial charge >= 0.3 is 0 Å². The minimum absolute atomic E-state index is 0.0370. The summed E-state index contributed by atoms with van der Waals surface area (Å²) in [5, 5.41) is 2.96. The number of nitrogens with zero attached hydrogens (tertiary/aromatic N) is 1. The summed E-state index contributed by atoms with van der Waals surface area (Å²) >= 11 is 5.78. The first kappa shape index (κ1) is 13.2. The zero-order chi connectivity index (χ0) is 13.7. The lowest BCUT2D eigenvalue weighted by Gasteiger charge is -2.08. The minimum Gasteiger partial charge on any atom is -0.492 e. The zero-order valence-electron chi connectivity index (χ0n) is 10.0. The highest BCUT2D eigenvalue weighted by Crippen LogP contribution is 2.14. The van der Waals surface area contributed by atoms with Crippen LogP contribution >= 0.6 is 11.6 Å². The van der Waals surface area contributed by atoms with Gasteiger partial charge in [-0.1, -0.05) is 11.6 Å². The van der Waals surface area contributed by atoms with E-state index >= 15 is 0 Å². The third-order valence-electron chi connectivity index (χ3n) is 2.34. The SMILES string of the molecule is Nc1ccc(OCCNc2nc[nH]c(=O)c2Cl)cc1. The molecule has 6 nitrogen and oxygen atoms in total. The molecule has 0 saturated heterocycles. The summed E-state index contributed by atoms with van der Waals surface area (Å²) in [6.07, 6.45) is 1.29. The summed E-state index contributed by atoms with van der Waals surface area (Å²) in [6.45, 7) is 0.884. The van der Waals surface area contributed by atoms with Gasteiger partial charge in [0.05, 0.1) is 12.9 Å². The monoisotopic (exact) mass is 280 g/mol. The van der Waals surface area contributed by atoms with Gasteiger partial charge in [-0.25, -0.2) is 4.98 Å². The van der Waals surface area contributed by atoms with Crippen molar-refractivity contribution in [3.8, 4) is 5.75 Å². The van der Waals surface area contributed by atoms with Crippen LogP contribution in [0, 0.1) is 0 Å². The highest BCUT2D eigenvalue weighted by Gasteiger charge is 2.04. The van der Waals surface area contributed by atoms with Crippen LogP contribution in [0.15, 0.2) is 35.4 Å². The molecule has 0 aliphatic heterocycles. The van der Waals surface area contributed by atoms with E-state index in [0.29, 0.717) is 24.7 Å². The van der Waals surface area contributed by atoms with E-state index in [1.807, 2.05) is 0 Å². The van der Waals surface area contributed by atoms with Crippen molar-refractivity contribution in [3.63, 3.8) is 0 Å². The summed E-state index contributed by atoms with van der Waals surface area (Å²) in [5.74, 6) is 1.06. The molecule has 19 heavy (non-hydrogen) atoms. The zero-order valence-corrected chi connectivity index (χ0v) is 10.8. The Morgan fingerprint density at radius 3 is 2.84 bits per heavy atom. The number of hydrogen-bond acceptors (Lipinski definition) is 5. The topological polar surface area (TPSA) is 93.0 Å². The molecule has 0 spiro atoms. The van der Waals surface area contributed by atoms with Crippen molar-refractivity contribution in [3.05, 3.63) is 46.0 Å². The molecule has 0 amide bonds. The first-order valence-corrected chi connectivity index (χ1v) is 6.00. The van der Waals surface area contributed by atoms with Gasteiger partial charge in [0, 0.05) is 5.69 Å². The second-order valence-corrected chi connectivity index (χ2v) is 4.12. The quantitative estimate of drug-likeness (QED) is 0.570. The predicted molar refractivity (Wildman–Crippen MR) is 74.7 cm³/mol. The van der Waals surface area contributed by atoms with Crippen LogP contribution in [0.3, 0.4) is 0 Å². The number of nitrogens with one attached hydrogen (secondary N) is 2. The summed E-state index contributed by atoms with van der Waals surface area (Å²) in [5.41, 5.74) is 5.87. The Morgan fingerprint density at radius 1 is 1.37 bits per heavy atom. The maximum atomic E-state index is 11.2. The molecule has 0 aliphatic carbocycles. The number of hydrogen-bond donors (Lipinski definition) is 3. The van der Waals surface area contributed by atoms with Crippen molar-refractivity contribution in [2.24, 2.45) is 0 Å². The Balaban J connectivity index is 1.82. The van der Waals surface area contributed by atoms with Gasteiger partial charge in [0.1, 0.15) is 17.4 Å². The van der Waals surface area contributed by atoms with Crippen LogP contribution in [0.1, 0.15) is 0 Å². The number of aromatic nitrogens is 2. The average molecular weight is 281 g/mol. The molecule has 0 radical (unpaired) electrons. The smallest absolute Gasteiger partial charge is 0.271 e. The van der Waals surface area contributed by atoms with E-state index in [1.165, 1.54) is 6.33 Å². The van der Waals surface area contributed by atoms with Gasteiger partial charge in [-0.2, -0.15) is 0 Å². The van der Waals surface area contributed by atoms with Crippen LogP contribution in [0.2, 0.25) is 5.02 Å². The molecule has 2 rings (SSSR count). The predicted octanol–water partition coefficient (Wildman–Crippen LogP) is 1.50. The molecule has 0 atom stereocenters. The minimum atomic E-state index is -0.376. The average Bonchev–Trinajstić information content (AvgIpc) is 2.41. The van der Waals surface area contributed by atoms with E-state index in [4.69, 9.17) is 22.1 Å². The van der Waals surface area contributed by atoms with Gasteiger partial charge < -0.3 is 20.8 Å². The maximum absolute atomic E-state index is 11.2. The molecule has 1 aromatic heterocycles. The lowest BCUT2D eigenvalue weighted by molar-refractivity contribution is 0.333.